The minimum absolute atomic E-state index is 0.207. The summed E-state index contributed by atoms with van der Waals surface area (Å²) in [6.45, 7) is 1.90. The van der Waals surface area contributed by atoms with E-state index in [2.05, 4.69) is 16.4 Å². The predicted octanol–water partition coefficient (Wildman–Crippen LogP) is 4.70. The van der Waals surface area contributed by atoms with Gasteiger partial charge in [0.15, 0.2) is 11.6 Å². The number of halogens is 1. The molecule has 3 N–H and O–H groups in total. The Morgan fingerprint density at radius 1 is 1.31 bits per heavy atom. The first kappa shape index (κ1) is 19.2. The van der Waals surface area contributed by atoms with E-state index in [4.69, 9.17) is 22.1 Å². The topological polar surface area (TPSA) is 81.1 Å². The lowest BCUT2D eigenvalue weighted by Gasteiger charge is -2.16. The summed E-state index contributed by atoms with van der Waals surface area (Å²) in [6.07, 6.45) is 7.21. The lowest BCUT2D eigenvalue weighted by atomic mass is 10.1. The summed E-state index contributed by atoms with van der Waals surface area (Å²) in [5.41, 5.74) is 8.63. The molecular weight excluding hydrogens is 388 g/mol. The molecule has 4 rings (SSSR count). The molecule has 148 valence electrons. The van der Waals surface area contributed by atoms with Crippen molar-refractivity contribution >= 4 is 29.1 Å². The van der Waals surface area contributed by atoms with Crippen LogP contribution in [0.4, 0.5) is 16.3 Å². The van der Waals surface area contributed by atoms with E-state index in [1.54, 1.807) is 16.8 Å². The number of amides is 1. The van der Waals surface area contributed by atoms with Gasteiger partial charge >= 0.3 is 6.03 Å². The smallest absolute Gasteiger partial charge is 0.482 e. The number of nitrogens with two attached hydrogens (primary N) is 1. The molecule has 0 saturated heterocycles. The molecule has 1 atom stereocenters. The van der Waals surface area contributed by atoms with E-state index >= 15 is 0 Å². The number of nitrogens with one attached hydrogen (secondary N) is 1. The minimum Gasteiger partial charge on any atom is -0.482 e. The Kier molecular flexibility index (Phi) is 5.36. The Bertz CT molecular complexity index is 1050. The summed E-state index contributed by atoms with van der Waals surface area (Å²) >= 11 is 5.97. The molecule has 0 spiro atoms. The van der Waals surface area contributed by atoms with Crippen LogP contribution < -0.4 is 20.4 Å². The molecule has 1 amide bonds. The number of aromatic nitrogens is 2. The van der Waals surface area contributed by atoms with Gasteiger partial charge in [-0.05, 0) is 55.0 Å². The van der Waals surface area contributed by atoms with Crippen molar-refractivity contribution in [1.82, 2.24) is 4.98 Å². The molecule has 1 saturated carbocycles. The Morgan fingerprint density at radius 2 is 2.14 bits per heavy atom. The van der Waals surface area contributed by atoms with Crippen molar-refractivity contribution in [1.29, 1.82) is 0 Å². The highest BCUT2D eigenvalue weighted by Crippen LogP contribution is 2.39. The number of carbonyl (C=O) groups excluding carboxylic acids is 1. The van der Waals surface area contributed by atoms with E-state index < -0.39 is 0 Å². The zero-order valence-electron chi connectivity index (χ0n) is 16.0. The van der Waals surface area contributed by atoms with Crippen molar-refractivity contribution in [3.05, 3.63) is 77.2 Å². The maximum absolute atomic E-state index is 12.6. The second-order valence-electron chi connectivity index (χ2n) is 7.17. The summed E-state index contributed by atoms with van der Waals surface area (Å²) < 4.78 is 7.50. The van der Waals surface area contributed by atoms with E-state index in [0.717, 1.165) is 5.56 Å². The van der Waals surface area contributed by atoms with Crippen LogP contribution in [0.5, 0.6) is 5.75 Å². The molecule has 29 heavy (non-hydrogen) atoms. The van der Waals surface area contributed by atoms with Crippen molar-refractivity contribution in [2.45, 2.75) is 31.8 Å². The molecule has 6 nitrogen and oxygen atoms in total. The van der Waals surface area contributed by atoms with Crippen LogP contribution in [-0.2, 0) is 0 Å². The number of pyridine rings is 2. The quantitative estimate of drug-likeness (QED) is 0.598. The molecule has 1 unspecified atom stereocenters. The second-order valence-corrected chi connectivity index (χ2v) is 7.61. The normalized spacial score (nSPS) is 14.3. The van der Waals surface area contributed by atoms with Crippen LogP contribution in [0.25, 0.3) is 0 Å². The van der Waals surface area contributed by atoms with Crippen LogP contribution in [0.15, 0.2) is 61.1 Å². The summed E-state index contributed by atoms with van der Waals surface area (Å²) in [6, 6.07) is 12.9. The number of nitrogen functional groups attached to an aromatic ring is 1. The number of hydrogen-bond acceptors (Lipinski definition) is 4. The first-order valence-corrected chi connectivity index (χ1v) is 9.87. The molecule has 0 radical (unpaired) electrons. The monoisotopic (exact) mass is 409 g/mol. The molecule has 1 fully saturated rings. The second kappa shape index (κ2) is 8.09. The average molecular weight is 410 g/mol. The van der Waals surface area contributed by atoms with Crippen LogP contribution in [0.3, 0.4) is 0 Å². The van der Waals surface area contributed by atoms with Crippen LogP contribution >= 0.6 is 11.6 Å². The summed E-state index contributed by atoms with van der Waals surface area (Å²) in [5, 5.41) is 3.39. The zero-order valence-corrected chi connectivity index (χ0v) is 16.8. The average Bonchev–Trinajstić information content (AvgIpc) is 3.56. The van der Waals surface area contributed by atoms with Crippen molar-refractivity contribution < 1.29 is 14.1 Å². The van der Waals surface area contributed by atoms with Gasteiger partial charge in [-0.25, -0.2) is 10.3 Å². The number of rotatable bonds is 5. The van der Waals surface area contributed by atoms with Crippen molar-refractivity contribution in [3.8, 4) is 5.75 Å². The molecular formula is C22H22ClN4O2+. The van der Waals surface area contributed by atoms with Crippen molar-refractivity contribution in [2.75, 3.05) is 11.1 Å². The van der Waals surface area contributed by atoms with Crippen LogP contribution in [0, 0.1) is 0 Å². The van der Waals surface area contributed by atoms with E-state index in [1.807, 2.05) is 43.5 Å². The van der Waals surface area contributed by atoms with Gasteiger partial charge in [-0.2, -0.15) is 9.36 Å². The molecule has 0 bridgehead atoms. The van der Waals surface area contributed by atoms with Crippen LogP contribution in [0.1, 0.15) is 42.9 Å². The zero-order chi connectivity index (χ0) is 20.4. The summed E-state index contributed by atoms with van der Waals surface area (Å²) in [7, 11) is 0. The maximum Gasteiger partial charge on any atom is 0.500 e. The lowest BCUT2D eigenvalue weighted by Crippen LogP contribution is -2.46. The summed E-state index contributed by atoms with van der Waals surface area (Å²) in [5.74, 6) is 1.29. The number of ether oxygens (including phenoxy) is 1. The first-order valence-electron chi connectivity index (χ1n) is 9.50. The van der Waals surface area contributed by atoms with Gasteiger partial charge in [0.25, 0.3) is 0 Å². The molecule has 3 aromatic rings. The van der Waals surface area contributed by atoms with Crippen LogP contribution in [-0.4, -0.2) is 11.0 Å². The van der Waals surface area contributed by atoms with Crippen LogP contribution in [0.2, 0.25) is 5.02 Å². The third-order valence-electron chi connectivity index (χ3n) is 4.87. The fourth-order valence-electron chi connectivity index (χ4n) is 3.12. The summed E-state index contributed by atoms with van der Waals surface area (Å²) in [4.78, 5) is 16.6. The number of anilines is 2. The molecule has 2 aromatic heterocycles. The van der Waals surface area contributed by atoms with E-state index in [0.29, 0.717) is 22.4 Å². The number of hydrogen-bond donors (Lipinski definition) is 2. The van der Waals surface area contributed by atoms with E-state index in [1.165, 1.54) is 24.6 Å². The largest absolute Gasteiger partial charge is 0.500 e. The van der Waals surface area contributed by atoms with Gasteiger partial charge in [0.05, 0.1) is 11.2 Å². The van der Waals surface area contributed by atoms with Gasteiger partial charge < -0.3 is 10.5 Å². The molecule has 2 heterocycles. The fraction of sp³-hybridized carbons (Fsp3) is 0.227. The molecule has 1 aliphatic carbocycles. The minimum atomic E-state index is -0.305. The Labute approximate surface area is 174 Å². The standard InChI is InChI=1S/C22H21ClN4O2/c1-14(29-20-11-18(23)12-25-21(20)24)16-4-2-6-19(10-16)26-22(28)27-9-3-5-17(13-27)15-7-8-15/h2-6,9-15H,7-8H2,1H3,(H2-,24,25,26,28)/p+1. The maximum atomic E-state index is 12.6. The molecule has 0 aliphatic heterocycles. The Hall–Kier alpha value is -3.12. The first-order chi connectivity index (χ1) is 14.0. The van der Waals surface area contributed by atoms with Crippen molar-refractivity contribution in [2.24, 2.45) is 0 Å². The highest BCUT2D eigenvalue weighted by molar-refractivity contribution is 6.30. The molecule has 7 heteroatoms. The Morgan fingerprint density at radius 3 is 2.93 bits per heavy atom. The van der Waals surface area contributed by atoms with Gasteiger partial charge in [0.2, 0.25) is 0 Å². The number of nitrogens with zero attached hydrogens (tertiary/aromatic N) is 2. The SMILES string of the molecule is CC(Oc1cc(Cl)cnc1N)c1cccc(NC(=O)[n+]2cccc(C3CC3)c2)c1. The van der Waals surface area contributed by atoms with E-state index in [9.17, 15) is 4.79 Å². The third kappa shape index (κ3) is 4.66. The van der Waals surface area contributed by atoms with Gasteiger partial charge in [-0.3, -0.25) is 0 Å². The van der Waals surface area contributed by atoms with Gasteiger partial charge in [-0.15, -0.1) is 0 Å². The van der Waals surface area contributed by atoms with E-state index in [-0.39, 0.29) is 18.0 Å². The highest BCUT2D eigenvalue weighted by atomic mass is 35.5. The fourth-order valence-corrected chi connectivity index (χ4v) is 3.27. The number of carbonyl (C=O) groups is 1. The Balaban J connectivity index is 1.47. The van der Waals surface area contributed by atoms with Gasteiger partial charge in [0, 0.05) is 12.3 Å². The lowest BCUT2D eigenvalue weighted by molar-refractivity contribution is -0.568. The van der Waals surface area contributed by atoms with Gasteiger partial charge in [0.1, 0.15) is 18.0 Å². The number of benzene rings is 1. The third-order valence-corrected chi connectivity index (χ3v) is 5.07. The molecule has 1 aliphatic rings. The highest BCUT2D eigenvalue weighted by Gasteiger charge is 2.26. The predicted molar refractivity (Wildman–Crippen MR) is 112 cm³/mol. The van der Waals surface area contributed by atoms with Crippen molar-refractivity contribution in [3.63, 3.8) is 0 Å². The molecule has 1 aromatic carbocycles. The van der Waals surface area contributed by atoms with Gasteiger partial charge in [-0.1, -0.05) is 29.8 Å².